The SMILES string of the molecule is CC(=O)N[C@@H]1CO[C@@H](O)[C@H](F)[C@H]1OC(C)=O. The molecule has 1 rings (SSSR count). The Morgan fingerprint density at radius 1 is 1.50 bits per heavy atom. The van der Waals surface area contributed by atoms with Gasteiger partial charge in [-0.15, -0.1) is 0 Å². The third-order valence-electron chi connectivity index (χ3n) is 2.12. The first-order valence-corrected chi connectivity index (χ1v) is 4.80. The van der Waals surface area contributed by atoms with E-state index in [2.05, 4.69) is 10.1 Å². The first-order valence-electron chi connectivity index (χ1n) is 4.80. The van der Waals surface area contributed by atoms with Gasteiger partial charge in [0.2, 0.25) is 5.91 Å². The summed E-state index contributed by atoms with van der Waals surface area (Å²) in [4.78, 5) is 21.6. The molecule has 92 valence electrons. The summed E-state index contributed by atoms with van der Waals surface area (Å²) in [6.07, 6.45) is -4.76. The van der Waals surface area contributed by atoms with Crippen LogP contribution in [0.5, 0.6) is 0 Å². The van der Waals surface area contributed by atoms with Gasteiger partial charge in [0.15, 0.2) is 18.6 Å². The van der Waals surface area contributed by atoms with Crippen LogP contribution in [0.3, 0.4) is 0 Å². The van der Waals surface area contributed by atoms with Crippen LogP contribution in [0.1, 0.15) is 13.8 Å². The number of nitrogens with one attached hydrogen (secondary N) is 1. The van der Waals surface area contributed by atoms with Gasteiger partial charge in [-0.05, 0) is 0 Å². The maximum Gasteiger partial charge on any atom is 0.303 e. The average molecular weight is 235 g/mol. The number of ether oxygens (including phenoxy) is 2. The first kappa shape index (κ1) is 12.9. The smallest absolute Gasteiger partial charge is 0.303 e. The van der Waals surface area contributed by atoms with Crippen LogP contribution in [0.15, 0.2) is 0 Å². The number of esters is 1. The van der Waals surface area contributed by atoms with Gasteiger partial charge >= 0.3 is 5.97 Å². The zero-order valence-corrected chi connectivity index (χ0v) is 8.97. The topological polar surface area (TPSA) is 84.9 Å². The molecule has 0 aromatic carbocycles. The second-order valence-corrected chi connectivity index (χ2v) is 3.55. The molecule has 0 aromatic rings. The standard InChI is InChI=1S/C9H14FNO5/c1-4(12)11-6-3-15-9(14)7(10)8(6)16-5(2)13/h6-9,14H,3H2,1-2H3,(H,11,12)/t6-,7-,8+,9-/m1/s1. The van der Waals surface area contributed by atoms with Crippen LogP contribution in [-0.2, 0) is 19.1 Å². The van der Waals surface area contributed by atoms with Crippen molar-refractivity contribution < 1.29 is 28.6 Å². The number of hydrogen-bond acceptors (Lipinski definition) is 5. The number of carbonyl (C=O) groups excluding carboxylic acids is 2. The molecule has 6 nitrogen and oxygen atoms in total. The van der Waals surface area contributed by atoms with E-state index in [4.69, 9.17) is 9.84 Å². The van der Waals surface area contributed by atoms with E-state index >= 15 is 0 Å². The lowest BCUT2D eigenvalue weighted by Crippen LogP contribution is -2.58. The van der Waals surface area contributed by atoms with Crippen LogP contribution in [0.4, 0.5) is 4.39 Å². The summed E-state index contributed by atoms with van der Waals surface area (Å²) in [6, 6.07) is -0.792. The van der Waals surface area contributed by atoms with E-state index in [0.29, 0.717) is 0 Å². The van der Waals surface area contributed by atoms with E-state index in [1.54, 1.807) is 0 Å². The highest BCUT2D eigenvalue weighted by atomic mass is 19.1. The predicted molar refractivity (Wildman–Crippen MR) is 50.0 cm³/mol. The maximum absolute atomic E-state index is 13.5. The van der Waals surface area contributed by atoms with Crippen molar-refractivity contribution in [1.82, 2.24) is 5.32 Å². The van der Waals surface area contributed by atoms with Gasteiger partial charge in [-0.25, -0.2) is 4.39 Å². The summed E-state index contributed by atoms with van der Waals surface area (Å²) in [5.74, 6) is -1.08. The van der Waals surface area contributed by atoms with Gasteiger partial charge < -0.3 is 19.9 Å². The van der Waals surface area contributed by atoms with Gasteiger partial charge in [0, 0.05) is 13.8 Å². The minimum atomic E-state index is -1.88. The molecule has 1 amide bonds. The van der Waals surface area contributed by atoms with Crippen molar-refractivity contribution in [3.8, 4) is 0 Å². The summed E-state index contributed by atoms with van der Waals surface area (Å²) in [7, 11) is 0. The van der Waals surface area contributed by atoms with E-state index in [1.165, 1.54) is 6.92 Å². The summed E-state index contributed by atoms with van der Waals surface area (Å²) in [5.41, 5.74) is 0. The van der Waals surface area contributed by atoms with Crippen molar-refractivity contribution in [2.75, 3.05) is 6.61 Å². The molecule has 2 N–H and O–H groups in total. The zero-order chi connectivity index (χ0) is 12.3. The fourth-order valence-electron chi connectivity index (χ4n) is 1.50. The molecule has 16 heavy (non-hydrogen) atoms. The number of aliphatic hydroxyl groups is 1. The minimum absolute atomic E-state index is 0.112. The molecular weight excluding hydrogens is 221 g/mol. The number of halogens is 1. The zero-order valence-electron chi connectivity index (χ0n) is 8.97. The Morgan fingerprint density at radius 3 is 2.62 bits per heavy atom. The normalized spacial score (nSPS) is 34.2. The molecule has 0 saturated carbocycles. The molecule has 1 fully saturated rings. The number of amides is 1. The van der Waals surface area contributed by atoms with E-state index in [1.807, 2.05) is 0 Å². The fourth-order valence-corrected chi connectivity index (χ4v) is 1.50. The van der Waals surface area contributed by atoms with Gasteiger partial charge in [-0.2, -0.15) is 0 Å². The Labute approximate surface area is 91.7 Å². The molecule has 4 atom stereocenters. The molecule has 1 aliphatic rings. The molecule has 1 heterocycles. The van der Waals surface area contributed by atoms with Crippen molar-refractivity contribution in [3.63, 3.8) is 0 Å². The number of alkyl halides is 1. The van der Waals surface area contributed by atoms with Crippen molar-refractivity contribution >= 4 is 11.9 Å². The molecule has 0 radical (unpaired) electrons. The number of hydrogen-bond donors (Lipinski definition) is 2. The summed E-state index contributed by atoms with van der Waals surface area (Å²) >= 11 is 0. The quantitative estimate of drug-likeness (QED) is 0.606. The Bertz CT molecular complexity index is 285. The van der Waals surface area contributed by atoms with E-state index in [9.17, 15) is 14.0 Å². The van der Waals surface area contributed by atoms with Gasteiger partial charge in [0.25, 0.3) is 0 Å². The summed E-state index contributed by atoms with van der Waals surface area (Å²) in [6.45, 7) is 2.27. The lowest BCUT2D eigenvalue weighted by Gasteiger charge is -2.36. The maximum atomic E-state index is 13.5. The molecule has 0 aromatic heterocycles. The van der Waals surface area contributed by atoms with Gasteiger partial charge in [-0.1, -0.05) is 0 Å². The third kappa shape index (κ3) is 3.14. The molecule has 1 saturated heterocycles. The highest BCUT2D eigenvalue weighted by Gasteiger charge is 2.42. The number of aliphatic hydroxyl groups excluding tert-OH is 1. The second kappa shape index (κ2) is 5.22. The number of carbonyl (C=O) groups is 2. The van der Waals surface area contributed by atoms with Gasteiger partial charge in [0.05, 0.1) is 12.6 Å². The van der Waals surface area contributed by atoms with Gasteiger partial charge in [-0.3, -0.25) is 9.59 Å². The van der Waals surface area contributed by atoms with E-state index in [-0.39, 0.29) is 6.61 Å². The van der Waals surface area contributed by atoms with Crippen molar-refractivity contribution in [2.24, 2.45) is 0 Å². The largest absolute Gasteiger partial charge is 0.457 e. The average Bonchev–Trinajstić information content (AvgIpc) is 2.16. The fraction of sp³-hybridized carbons (Fsp3) is 0.778. The van der Waals surface area contributed by atoms with Crippen molar-refractivity contribution in [3.05, 3.63) is 0 Å². The highest BCUT2D eigenvalue weighted by Crippen LogP contribution is 2.20. The molecule has 0 unspecified atom stereocenters. The second-order valence-electron chi connectivity index (χ2n) is 3.55. The van der Waals surface area contributed by atoms with E-state index in [0.717, 1.165) is 6.92 Å². The molecular formula is C9H14FNO5. The first-order chi connectivity index (χ1) is 7.41. The van der Waals surface area contributed by atoms with Crippen LogP contribution in [0.2, 0.25) is 0 Å². The van der Waals surface area contributed by atoms with Crippen molar-refractivity contribution in [1.29, 1.82) is 0 Å². The third-order valence-corrected chi connectivity index (χ3v) is 2.12. The van der Waals surface area contributed by atoms with E-state index < -0.39 is 36.5 Å². The Morgan fingerprint density at radius 2 is 2.12 bits per heavy atom. The van der Waals surface area contributed by atoms with Crippen LogP contribution >= 0.6 is 0 Å². The minimum Gasteiger partial charge on any atom is -0.457 e. The lowest BCUT2D eigenvalue weighted by molar-refractivity contribution is -0.217. The Hall–Kier alpha value is -1.21. The molecule has 0 aliphatic carbocycles. The Balaban J connectivity index is 2.72. The molecule has 0 spiro atoms. The predicted octanol–water partition coefficient (Wildman–Crippen LogP) is -0.891. The van der Waals surface area contributed by atoms with Crippen LogP contribution in [0, 0.1) is 0 Å². The molecule has 0 bridgehead atoms. The monoisotopic (exact) mass is 235 g/mol. The van der Waals surface area contributed by atoms with Crippen LogP contribution in [0.25, 0.3) is 0 Å². The molecule has 1 aliphatic heterocycles. The van der Waals surface area contributed by atoms with Crippen molar-refractivity contribution in [2.45, 2.75) is 38.5 Å². The van der Waals surface area contributed by atoms with Crippen LogP contribution in [-0.4, -0.2) is 48.2 Å². The molecule has 7 heteroatoms. The van der Waals surface area contributed by atoms with Gasteiger partial charge in [0.1, 0.15) is 0 Å². The highest BCUT2D eigenvalue weighted by molar-refractivity contribution is 5.73. The Kier molecular flexibility index (Phi) is 4.19. The lowest BCUT2D eigenvalue weighted by atomic mass is 10.0. The van der Waals surface area contributed by atoms with Crippen LogP contribution < -0.4 is 5.32 Å². The number of rotatable bonds is 2. The summed E-state index contributed by atoms with van der Waals surface area (Å²) in [5, 5.41) is 11.5. The summed E-state index contributed by atoms with van der Waals surface area (Å²) < 4.78 is 22.9.